The highest BCUT2D eigenvalue weighted by Gasteiger charge is 2.14. The summed E-state index contributed by atoms with van der Waals surface area (Å²) in [6.45, 7) is 0. The quantitative estimate of drug-likeness (QED) is 0.607. The fraction of sp³-hybridized carbons (Fsp3) is 0.167. The molecule has 0 aromatic carbocycles. The molecule has 0 spiro atoms. The van der Waals surface area contributed by atoms with Gasteiger partial charge in [0.1, 0.15) is 10.8 Å². The van der Waals surface area contributed by atoms with E-state index in [9.17, 15) is 13.2 Å². The van der Waals surface area contributed by atoms with Crippen LogP contribution in [0.25, 0.3) is 0 Å². The number of nitrogens with zero attached hydrogens (tertiary/aromatic N) is 1. The van der Waals surface area contributed by atoms with Crippen molar-refractivity contribution in [3.8, 4) is 0 Å². The maximum atomic E-state index is 12.4. The second-order valence-electron chi connectivity index (χ2n) is 1.80. The summed E-state index contributed by atoms with van der Waals surface area (Å²) in [6.07, 6.45) is -2.92. The molecule has 1 aromatic rings. The monoisotopic (exact) mass is 181 g/mol. The van der Waals surface area contributed by atoms with Crippen molar-refractivity contribution >= 4 is 11.6 Å². The topological polar surface area (TPSA) is 12.9 Å². The number of hydrogen-bond donors (Lipinski definition) is 0. The summed E-state index contributed by atoms with van der Waals surface area (Å²) in [6, 6.07) is 1.97. The van der Waals surface area contributed by atoms with Gasteiger partial charge >= 0.3 is 0 Å². The second kappa shape index (κ2) is 3.09. The first-order valence-corrected chi connectivity index (χ1v) is 3.09. The van der Waals surface area contributed by atoms with E-state index in [2.05, 4.69) is 4.98 Å². The summed E-state index contributed by atoms with van der Waals surface area (Å²) in [7, 11) is 0. The number of halogens is 4. The Kier molecular flexibility index (Phi) is 2.34. The Morgan fingerprint density at radius 3 is 2.45 bits per heavy atom. The van der Waals surface area contributed by atoms with Crippen LogP contribution in [-0.2, 0) is 0 Å². The van der Waals surface area contributed by atoms with Crippen molar-refractivity contribution in [3.63, 3.8) is 0 Å². The van der Waals surface area contributed by atoms with Crippen LogP contribution in [0.1, 0.15) is 12.1 Å². The van der Waals surface area contributed by atoms with E-state index in [1.165, 1.54) is 0 Å². The summed E-state index contributed by atoms with van der Waals surface area (Å²) in [5, 5.41) is -0.137. The molecule has 0 aliphatic rings. The van der Waals surface area contributed by atoms with Crippen molar-refractivity contribution in [3.05, 3.63) is 28.8 Å². The number of rotatable bonds is 1. The fourth-order valence-corrected chi connectivity index (χ4v) is 0.740. The molecule has 0 amide bonds. The van der Waals surface area contributed by atoms with Gasteiger partial charge in [0.25, 0.3) is 6.43 Å². The van der Waals surface area contributed by atoms with Crippen LogP contribution in [0, 0.1) is 5.82 Å². The minimum absolute atomic E-state index is 0.137. The molecule has 0 aliphatic heterocycles. The lowest BCUT2D eigenvalue weighted by Crippen LogP contribution is -1.94. The Labute approximate surface area is 65.8 Å². The smallest absolute Gasteiger partial charge is 0.232 e. The standard InChI is InChI=1S/C6H3ClF3N/c7-4-2-1-3(8)5(11-4)6(9)10/h1-2,6H. The molecule has 1 nitrogen and oxygen atoms in total. The largest absolute Gasteiger partial charge is 0.283 e. The molecule has 1 heterocycles. The van der Waals surface area contributed by atoms with E-state index >= 15 is 0 Å². The minimum atomic E-state index is -2.92. The zero-order chi connectivity index (χ0) is 8.43. The van der Waals surface area contributed by atoms with Gasteiger partial charge < -0.3 is 0 Å². The molecule has 60 valence electrons. The van der Waals surface area contributed by atoms with E-state index in [1.54, 1.807) is 0 Å². The molecule has 0 radical (unpaired) electrons. The average molecular weight is 182 g/mol. The molecular formula is C6H3ClF3N. The Hall–Kier alpha value is -0.770. The summed E-state index contributed by atoms with van der Waals surface area (Å²) >= 11 is 5.25. The van der Waals surface area contributed by atoms with E-state index in [0.717, 1.165) is 12.1 Å². The lowest BCUT2D eigenvalue weighted by Gasteiger charge is -1.99. The van der Waals surface area contributed by atoms with E-state index in [1.807, 2.05) is 0 Å². The van der Waals surface area contributed by atoms with E-state index in [0.29, 0.717) is 0 Å². The van der Waals surface area contributed by atoms with Gasteiger partial charge in [-0.3, -0.25) is 0 Å². The highest BCUT2D eigenvalue weighted by molar-refractivity contribution is 6.29. The Morgan fingerprint density at radius 1 is 1.36 bits per heavy atom. The summed E-state index contributed by atoms with van der Waals surface area (Å²) in [4.78, 5) is 3.11. The minimum Gasteiger partial charge on any atom is -0.232 e. The van der Waals surface area contributed by atoms with Gasteiger partial charge in [-0.15, -0.1) is 0 Å². The molecule has 0 bridgehead atoms. The predicted molar refractivity (Wildman–Crippen MR) is 34.2 cm³/mol. The summed E-state index contributed by atoms with van der Waals surface area (Å²) < 4.78 is 36.1. The SMILES string of the molecule is Fc1ccc(Cl)nc1C(F)F. The van der Waals surface area contributed by atoms with Crippen molar-refractivity contribution in [1.82, 2.24) is 4.98 Å². The van der Waals surface area contributed by atoms with Gasteiger partial charge in [-0.1, -0.05) is 11.6 Å². The first-order chi connectivity index (χ1) is 5.11. The van der Waals surface area contributed by atoms with Crippen molar-refractivity contribution in [2.45, 2.75) is 6.43 Å². The van der Waals surface area contributed by atoms with E-state index < -0.39 is 17.9 Å². The summed E-state index contributed by atoms with van der Waals surface area (Å²) in [5.41, 5.74) is -0.905. The third-order valence-corrected chi connectivity index (χ3v) is 1.26. The molecule has 0 N–H and O–H groups in total. The molecule has 0 atom stereocenters. The normalized spacial score (nSPS) is 10.6. The van der Waals surface area contributed by atoms with Gasteiger partial charge in [-0.25, -0.2) is 18.2 Å². The molecule has 1 rings (SSSR count). The van der Waals surface area contributed by atoms with Crippen LogP contribution >= 0.6 is 11.6 Å². The van der Waals surface area contributed by atoms with Crippen LogP contribution in [0.2, 0.25) is 5.15 Å². The molecule has 0 saturated heterocycles. The maximum Gasteiger partial charge on any atom is 0.283 e. The lowest BCUT2D eigenvalue weighted by atomic mass is 10.3. The van der Waals surface area contributed by atoms with E-state index in [-0.39, 0.29) is 5.15 Å². The fourth-order valence-electron chi connectivity index (χ4n) is 0.586. The van der Waals surface area contributed by atoms with Crippen LogP contribution in [0.5, 0.6) is 0 Å². The predicted octanol–water partition coefficient (Wildman–Crippen LogP) is 2.81. The zero-order valence-electron chi connectivity index (χ0n) is 5.19. The van der Waals surface area contributed by atoms with Crippen LogP contribution in [0.3, 0.4) is 0 Å². The third kappa shape index (κ3) is 1.83. The van der Waals surface area contributed by atoms with Crippen LogP contribution in [0.15, 0.2) is 12.1 Å². The van der Waals surface area contributed by atoms with Crippen LogP contribution in [-0.4, -0.2) is 4.98 Å². The van der Waals surface area contributed by atoms with Crippen molar-refractivity contribution in [2.75, 3.05) is 0 Å². The number of pyridine rings is 1. The third-order valence-electron chi connectivity index (χ3n) is 1.05. The van der Waals surface area contributed by atoms with Crippen molar-refractivity contribution in [2.24, 2.45) is 0 Å². The molecule has 0 saturated carbocycles. The highest BCUT2D eigenvalue weighted by atomic mass is 35.5. The van der Waals surface area contributed by atoms with Crippen LogP contribution < -0.4 is 0 Å². The molecular weight excluding hydrogens is 179 g/mol. The zero-order valence-corrected chi connectivity index (χ0v) is 5.95. The first kappa shape index (κ1) is 8.33. The molecule has 0 fully saturated rings. The molecule has 11 heavy (non-hydrogen) atoms. The van der Waals surface area contributed by atoms with Gasteiger partial charge in [0.2, 0.25) is 0 Å². The Morgan fingerprint density at radius 2 is 2.00 bits per heavy atom. The molecule has 0 aliphatic carbocycles. The van der Waals surface area contributed by atoms with Gasteiger partial charge in [-0.2, -0.15) is 0 Å². The Bertz CT molecular complexity index is 264. The summed E-state index contributed by atoms with van der Waals surface area (Å²) in [5.74, 6) is -1.04. The highest BCUT2D eigenvalue weighted by Crippen LogP contribution is 2.21. The van der Waals surface area contributed by atoms with Crippen molar-refractivity contribution < 1.29 is 13.2 Å². The second-order valence-corrected chi connectivity index (χ2v) is 2.19. The first-order valence-electron chi connectivity index (χ1n) is 2.71. The Balaban J connectivity index is 3.13. The van der Waals surface area contributed by atoms with Gasteiger partial charge in [-0.05, 0) is 12.1 Å². The number of hydrogen-bond acceptors (Lipinski definition) is 1. The lowest BCUT2D eigenvalue weighted by molar-refractivity contribution is 0.140. The average Bonchev–Trinajstić information content (AvgIpc) is 1.94. The van der Waals surface area contributed by atoms with Crippen molar-refractivity contribution in [1.29, 1.82) is 0 Å². The molecule has 1 aromatic heterocycles. The number of alkyl halides is 2. The molecule has 0 unspecified atom stereocenters. The van der Waals surface area contributed by atoms with E-state index in [4.69, 9.17) is 11.6 Å². The van der Waals surface area contributed by atoms with Crippen LogP contribution in [0.4, 0.5) is 13.2 Å². The number of aromatic nitrogens is 1. The van der Waals surface area contributed by atoms with Gasteiger partial charge in [0.05, 0.1) is 0 Å². The van der Waals surface area contributed by atoms with Gasteiger partial charge in [0, 0.05) is 0 Å². The molecule has 5 heteroatoms. The van der Waals surface area contributed by atoms with Gasteiger partial charge in [0.15, 0.2) is 5.82 Å². The maximum absolute atomic E-state index is 12.4.